The quantitative estimate of drug-likeness (QED) is 0.259. The minimum atomic E-state index is -5.38. The van der Waals surface area contributed by atoms with E-state index in [2.05, 4.69) is 4.74 Å². The Morgan fingerprint density at radius 1 is 0.919 bits per heavy atom. The van der Waals surface area contributed by atoms with E-state index in [1.807, 2.05) is 4.90 Å². The number of likely N-dealkylation sites (tertiary alicyclic amines) is 1. The Morgan fingerprint density at radius 3 is 2.08 bits per heavy atom. The normalized spacial score (nSPS) is 17.5. The highest BCUT2D eigenvalue weighted by Gasteiger charge is 2.43. The van der Waals surface area contributed by atoms with Crippen molar-refractivity contribution in [1.82, 2.24) is 4.90 Å². The molecular weight excluding hydrogens is 511 g/mol. The molecule has 12 heteroatoms. The van der Waals surface area contributed by atoms with E-state index in [1.54, 1.807) is 0 Å². The third kappa shape index (κ3) is 6.79. The van der Waals surface area contributed by atoms with Crippen molar-refractivity contribution in [1.29, 1.82) is 0 Å². The summed E-state index contributed by atoms with van der Waals surface area (Å²) in [6, 6.07) is 6.71. The molecule has 2 aliphatic rings. The van der Waals surface area contributed by atoms with Crippen molar-refractivity contribution >= 4 is 11.9 Å². The topological polar surface area (TPSA) is 55.8 Å². The molecule has 2 aromatic rings. The van der Waals surface area contributed by atoms with Gasteiger partial charge >= 0.3 is 24.3 Å². The van der Waals surface area contributed by atoms with Gasteiger partial charge in [0.25, 0.3) is 0 Å². The molecule has 0 amide bonds. The van der Waals surface area contributed by atoms with Crippen molar-refractivity contribution in [3.05, 3.63) is 64.5 Å². The number of hydrogen-bond acceptors (Lipinski definition) is 5. The maximum absolute atomic E-state index is 14.7. The molecule has 0 unspecified atom stereocenters. The summed E-state index contributed by atoms with van der Waals surface area (Å²) >= 11 is 0. The van der Waals surface area contributed by atoms with E-state index in [0.29, 0.717) is 49.4 Å². The maximum atomic E-state index is 14.7. The molecule has 1 heterocycles. The fourth-order valence-corrected chi connectivity index (χ4v) is 4.24. The Morgan fingerprint density at radius 2 is 1.54 bits per heavy atom. The van der Waals surface area contributed by atoms with Crippen LogP contribution in [-0.4, -0.2) is 42.2 Å². The van der Waals surface area contributed by atoms with E-state index >= 15 is 0 Å². The highest BCUT2D eigenvalue weighted by atomic mass is 19.4. The van der Waals surface area contributed by atoms with Crippen LogP contribution in [0.2, 0.25) is 0 Å². The summed E-state index contributed by atoms with van der Waals surface area (Å²) in [5.74, 6) is -5.14. The smallest absolute Gasteiger partial charge is 0.490 e. The molecule has 2 aromatic carbocycles. The molecule has 0 spiro atoms. The van der Waals surface area contributed by atoms with Crippen LogP contribution in [0.1, 0.15) is 58.6 Å². The maximum Gasteiger partial charge on any atom is 0.491 e. The molecule has 1 aliphatic carbocycles. The number of ether oxygens (including phenoxy) is 2. The van der Waals surface area contributed by atoms with Crippen molar-refractivity contribution in [3.63, 3.8) is 0 Å². The second kappa shape index (κ2) is 10.3. The van der Waals surface area contributed by atoms with E-state index in [-0.39, 0.29) is 12.0 Å². The first-order valence-corrected chi connectivity index (χ1v) is 11.5. The Balaban J connectivity index is 1.37. The number of benzene rings is 2. The largest absolute Gasteiger partial charge is 0.491 e. The molecule has 0 bridgehead atoms. The zero-order valence-electron chi connectivity index (χ0n) is 19.3. The van der Waals surface area contributed by atoms with Gasteiger partial charge in [0.05, 0.1) is 11.1 Å². The van der Waals surface area contributed by atoms with E-state index < -0.39 is 41.2 Å². The number of halogens is 7. The van der Waals surface area contributed by atoms with Crippen LogP contribution in [0, 0.1) is 5.82 Å². The molecule has 2 fully saturated rings. The van der Waals surface area contributed by atoms with Crippen molar-refractivity contribution in [2.24, 2.45) is 0 Å². The molecule has 1 saturated carbocycles. The number of esters is 2. The number of piperidine rings is 1. The van der Waals surface area contributed by atoms with Crippen LogP contribution in [0.25, 0.3) is 0 Å². The monoisotopic (exact) mass is 533 g/mol. The number of carbonyl (C=O) groups excluding carboxylic acids is 2. The van der Waals surface area contributed by atoms with Crippen molar-refractivity contribution < 1.29 is 49.8 Å². The number of alkyl halides is 6. The van der Waals surface area contributed by atoms with Crippen molar-refractivity contribution in [2.75, 3.05) is 13.1 Å². The zero-order chi connectivity index (χ0) is 27.0. The molecule has 0 radical (unpaired) electrons. The third-order valence-electron chi connectivity index (χ3n) is 6.30. The summed E-state index contributed by atoms with van der Waals surface area (Å²) in [5.41, 5.74) is -0.289. The van der Waals surface area contributed by atoms with Gasteiger partial charge < -0.3 is 9.47 Å². The van der Waals surface area contributed by atoms with E-state index in [1.165, 1.54) is 12.1 Å². The average molecular weight is 533 g/mol. The first-order valence-electron chi connectivity index (χ1n) is 11.5. The summed E-state index contributed by atoms with van der Waals surface area (Å²) in [5, 5.41) is 0. The van der Waals surface area contributed by atoms with Gasteiger partial charge in [-0.1, -0.05) is 0 Å². The van der Waals surface area contributed by atoms with E-state index in [0.717, 1.165) is 37.1 Å². The van der Waals surface area contributed by atoms with Gasteiger partial charge in [-0.25, -0.2) is 14.0 Å². The minimum Gasteiger partial charge on any atom is -0.490 e. The summed E-state index contributed by atoms with van der Waals surface area (Å²) < 4.78 is 99.6. The Bertz CT molecular complexity index is 1150. The first kappa shape index (κ1) is 26.9. The molecule has 0 atom stereocenters. The van der Waals surface area contributed by atoms with Crippen molar-refractivity contribution in [2.45, 2.75) is 56.6 Å². The summed E-state index contributed by atoms with van der Waals surface area (Å²) in [7, 11) is 0. The lowest BCUT2D eigenvalue weighted by Crippen LogP contribution is -2.38. The minimum absolute atomic E-state index is 0.0287. The van der Waals surface area contributed by atoms with E-state index in [4.69, 9.17) is 4.74 Å². The Kier molecular flexibility index (Phi) is 7.50. The molecule has 0 N–H and O–H groups in total. The van der Waals surface area contributed by atoms with E-state index in [9.17, 15) is 40.3 Å². The predicted molar refractivity (Wildman–Crippen MR) is 115 cm³/mol. The van der Waals surface area contributed by atoms with Crippen LogP contribution in [0.3, 0.4) is 0 Å². The lowest BCUT2D eigenvalue weighted by Gasteiger charge is -2.32. The Labute approximate surface area is 207 Å². The SMILES string of the molecule is O=C(OC(=O)C(F)(F)F)c1cc(C2CC2)c(CN2CCC(Oc3ccc(C(F)(F)F)cc3)CC2)cc1F. The molecular formula is C25H22F7NO4. The predicted octanol–water partition coefficient (Wildman–Crippen LogP) is 6.01. The van der Waals surface area contributed by atoms with Crippen LogP contribution in [0.4, 0.5) is 30.7 Å². The van der Waals surface area contributed by atoms with Gasteiger partial charge in [0.1, 0.15) is 17.7 Å². The van der Waals surface area contributed by atoms with Gasteiger partial charge in [-0.3, -0.25) is 4.90 Å². The number of hydrogen-bond donors (Lipinski definition) is 0. The van der Waals surface area contributed by atoms with Gasteiger partial charge in [-0.05, 0) is 79.1 Å². The number of carbonyl (C=O) groups is 2. The molecule has 37 heavy (non-hydrogen) atoms. The van der Waals surface area contributed by atoms with Gasteiger partial charge in [-0.15, -0.1) is 0 Å². The third-order valence-corrected chi connectivity index (χ3v) is 6.30. The zero-order valence-corrected chi connectivity index (χ0v) is 19.3. The molecule has 0 aromatic heterocycles. The lowest BCUT2D eigenvalue weighted by molar-refractivity contribution is -0.193. The summed E-state index contributed by atoms with van der Waals surface area (Å²) in [4.78, 5) is 25.0. The second-order valence-electron chi connectivity index (χ2n) is 9.10. The molecule has 4 rings (SSSR count). The molecule has 200 valence electrons. The lowest BCUT2D eigenvalue weighted by atomic mass is 9.98. The van der Waals surface area contributed by atoms with Crippen LogP contribution < -0.4 is 4.74 Å². The number of nitrogens with zero attached hydrogens (tertiary/aromatic N) is 1. The highest BCUT2D eigenvalue weighted by molar-refractivity contribution is 5.98. The first-order chi connectivity index (χ1) is 17.3. The van der Waals surface area contributed by atoms with Crippen LogP contribution >= 0.6 is 0 Å². The van der Waals surface area contributed by atoms with Gasteiger partial charge in [0, 0.05) is 19.6 Å². The average Bonchev–Trinajstić information content (AvgIpc) is 3.65. The molecule has 5 nitrogen and oxygen atoms in total. The summed E-state index contributed by atoms with van der Waals surface area (Å²) in [6.07, 6.45) is -7.32. The van der Waals surface area contributed by atoms with Gasteiger partial charge in [0.2, 0.25) is 0 Å². The number of rotatable bonds is 6. The Hall–Kier alpha value is -3.15. The van der Waals surface area contributed by atoms with Gasteiger partial charge in [-0.2, -0.15) is 26.3 Å². The van der Waals surface area contributed by atoms with Gasteiger partial charge in [0.15, 0.2) is 0 Å². The van der Waals surface area contributed by atoms with Crippen LogP contribution in [0.15, 0.2) is 36.4 Å². The van der Waals surface area contributed by atoms with Crippen molar-refractivity contribution in [3.8, 4) is 5.75 Å². The van der Waals surface area contributed by atoms with Crippen LogP contribution in [-0.2, 0) is 22.3 Å². The summed E-state index contributed by atoms with van der Waals surface area (Å²) in [6.45, 7) is 1.44. The standard InChI is InChI=1S/C25H22F7NO4/c26-21-11-15(19(14-1-2-14)12-20(21)22(34)37-23(35)25(30,31)32)13-33-9-7-18(8-10-33)36-17-5-3-16(4-6-17)24(27,28)29/h3-6,11-12,14,18H,1-2,7-10,13H2. The fraction of sp³-hybridized carbons (Fsp3) is 0.440. The molecule has 1 saturated heterocycles. The van der Waals surface area contributed by atoms with Crippen LogP contribution in [0.5, 0.6) is 5.75 Å². The second-order valence-corrected chi connectivity index (χ2v) is 9.10. The highest BCUT2D eigenvalue weighted by Crippen LogP contribution is 2.43. The molecule has 1 aliphatic heterocycles. The fourth-order valence-electron chi connectivity index (χ4n) is 4.24.